The van der Waals surface area contributed by atoms with E-state index in [1.807, 2.05) is 53.4 Å². The molecule has 0 aromatic heterocycles. The third-order valence-corrected chi connectivity index (χ3v) is 6.57. The smallest absolute Gasteiger partial charge is 0.315 e. The van der Waals surface area contributed by atoms with Crippen molar-refractivity contribution in [2.45, 2.75) is 63.3 Å². The number of amides is 3. The Bertz CT molecular complexity index is 874. The summed E-state index contributed by atoms with van der Waals surface area (Å²) in [5.41, 5.74) is 1.42. The highest BCUT2D eigenvalue weighted by molar-refractivity contribution is 5.91. The van der Waals surface area contributed by atoms with E-state index in [1.165, 1.54) is 5.56 Å². The molecule has 2 fully saturated rings. The summed E-state index contributed by atoms with van der Waals surface area (Å²) in [6.45, 7) is 2.40. The lowest BCUT2D eigenvalue weighted by Crippen LogP contribution is -2.61. The molecule has 2 aliphatic rings. The first kappa shape index (κ1) is 22.3. The monoisotopic (exact) mass is 435 g/mol. The zero-order chi connectivity index (χ0) is 22.2. The van der Waals surface area contributed by atoms with Gasteiger partial charge in [0.05, 0.1) is 12.7 Å². The fraction of sp³-hybridized carbons (Fsp3) is 0.462. The lowest BCUT2D eigenvalue weighted by atomic mass is 9.94. The van der Waals surface area contributed by atoms with Crippen molar-refractivity contribution in [1.29, 1.82) is 0 Å². The Morgan fingerprint density at radius 1 is 0.906 bits per heavy atom. The molecule has 0 bridgehead atoms. The summed E-state index contributed by atoms with van der Waals surface area (Å²) in [6.07, 6.45) is 5.15. The van der Waals surface area contributed by atoms with E-state index in [1.54, 1.807) is 0 Å². The Hall–Kier alpha value is -2.86. The standard InChI is InChI=1S/C26H33N3O3/c30-24(29-17-13-23(14-18-29)32-20-22-11-5-2-6-12-22)26(15-7-8-16-26)28-25(31)27-19-21-9-3-1-4-10-21/h1-6,9-12,23H,7-8,13-20H2,(H2,27,28,31). The van der Waals surface area contributed by atoms with Crippen LogP contribution < -0.4 is 10.6 Å². The Balaban J connectivity index is 1.28. The second-order valence-electron chi connectivity index (χ2n) is 8.87. The van der Waals surface area contributed by atoms with E-state index >= 15 is 0 Å². The van der Waals surface area contributed by atoms with Crippen molar-refractivity contribution in [2.24, 2.45) is 0 Å². The number of piperidine rings is 1. The lowest BCUT2D eigenvalue weighted by molar-refractivity contribution is -0.140. The summed E-state index contributed by atoms with van der Waals surface area (Å²) in [6, 6.07) is 19.7. The molecular formula is C26H33N3O3. The molecule has 0 unspecified atom stereocenters. The van der Waals surface area contributed by atoms with Crippen LogP contribution in [-0.2, 0) is 22.7 Å². The third-order valence-electron chi connectivity index (χ3n) is 6.57. The molecule has 6 nitrogen and oxygen atoms in total. The zero-order valence-corrected chi connectivity index (χ0v) is 18.6. The van der Waals surface area contributed by atoms with Crippen LogP contribution in [0.5, 0.6) is 0 Å². The molecule has 170 valence electrons. The van der Waals surface area contributed by atoms with Crippen LogP contribution >= 0.6 is 0 Å². The summed E-state index contributed by atoms with van der Waals surface area (Å²) in [7, 11) is 0. The molecule has 4 rings (SSSR count). The van der Waals surface area contributed by atoms with Gasteiger partial charge in [-0.15, -0.1) is 0 Å². The van der Waals surface area contributed by atoms with Crippen LogP contribution in [0, 0.1) is 0 Å². The predicted molar refractivity (Wildman–Crippen MR) is 124 cm³/mol. The van der Waals surface area contributed by atoms with Crippen LogP contribution in [0.2, 0.25) is 0 Å². The van der Waals surface area contributed by atoms with E-state index in [2.05, 4.69) is 22.8 Å². The van der Waals surface area contributed by atoms with Gasteiger partial charge in [0.15, 0.2) is 0 Å². The number of likely N-dealkylation sites (tertiary alicyclic amines) is 1. The van der Waals surface area contributed by atoms with Crippen LogP contribution in [-0.4, -0.2) is 41.6 Å². The molecule has 2 aromatic rings. The van der Waals surface area contributed by atoms with Crippen molar-refractivity contribution in [1.82, 2.24) is 15.5 Å². The first-order chi connectivity index (χ1) is 15.6. The molecule has 1 heterocycles. The summed E-state index contributed by atoms with van der Waals surface area (Å²) < 4.78 is 6.07. The quantitative estimate of drug-likeness (QED) is 0.690. The van der Waals surface area contributed by atoms with Gasteiger partial charge in [0, 0.05) is 19.6 Å². The Morgan fingerprint density at radius 2 is 1.50 bits per heavy atom. The molecule has 3 amide bonds. The maximum atomic E-state index is 13.5. The maximum absolute atomic E-state index is 13.5. The molecule has 1 aliphatic carbocycles. The lowest BCUT2D eigenvalue weighted by Gasteiger charge is -2.38. The maximum Gasteiger partial charge on any atom is 0.315 e. The van der Waals surface area contributed by atoms with E-state index in [0.29, 0.717) is 39.1 Å². The van der Waals surface area contributed by atoms with E-state index in [9.17, 15) is 9.59 Å². The van der Waals surface area contributed by atoms with Gasteiger partial charge < -0.3 is 20.3 Å². The van der Waals surface area contributed by atoms with Gasteiger partial charge in [-0.3, -0.25) is 4.79 Å². The second-order valence-corrected chi connectivity index (χ2v) is 8.87. The molecule has 0 spiro atoms. The van der Waals surface area contributed by atoms with E-state index in [0.717, 1.165) is 31.2 Å². The van der Waals surface area contributed by atoms with Gasteiger partial charge in [0.2, 0.25) is 5.91 Å². The number of nitrogens with zero attached hydrogens (tertiary/aromatic N) is 1. The predicted octanol–water partition coefficient (Wildman–Crippen LogP) is 4.01. The highest BCUT2D eigenvalue weighted by Gasteiger charge is 2.45. The van der Waals surface area contributed by atoms with Crippen molar-refractivity contribution in [3.05, 3.63) is 71.8 Å². The summed E-state index contributed by atoms with van der Waals surface area (Å²) >= 11 is 0. The van der Waals surface area contributed by atoms with E-state index in [-0.39, 0.29) is 18.0 Å². The average molecular weight is 436 g/mol. The Labute approximate surface area is 190 Å². The number of urea groups is 1. The van der Waals surface area contributed by atoms with E-state index in [4.69, 9.17) is 4.74 Å². The van der Waals surface area contributed by atoms with Crippen molar-refractivity contribution >= 4 is 11.9 Å². The van der Waals surface area contributed by atoms with Gasteiger partial charge in [0.1, 0.15) is 5.54 Å². The van der Waals surface area contributed by atoms with Gasteiger partial charge in [-0.2, -0.15) is 0 Å². The summed E-state index contributed by atoms with van der Waals surface area (Å²) in [5, 5.41) is 5.95. The fourth-order valence-corrected chi connectivity index (χ4v) is 4.73. The van der Waals surface area contributed by atoms with Gasteiger partial charge in [-0.1, -0.05) is 73.5 Å². The largest absolute Gasteiger partial charge is 0.373 e. The number of hydrogen-bond acceptors (Lipinski definition) is 3. The normalized spacial score (nSPS) is 18.3. The summed E-state index contributed by atoms with van der Waals surface area (Å²) in [5.74, 6) is 0.0615. The number of hydrogen-bond donors (Lipinski definition) is 2. The van der Waals surface area contributed by atoms with Crippen LogP contribution in [0.1, 0.15) is 49.7 Å². The minimum Gasteiger partial charge on any atom is -0.373 e. The Kier molecular flexibility index (Phi) is 7.43. The molecule has 2 N–H and O–H groups in total. The van der Waals surface area contributed by atoms with Gasteiger partial charge in [-0.05, 0) is 36.8 Å². The molecule has 1 saturated carbocycles. The number of benzene rings is 2. The molecule has 0 radical (unpaired) electrons. The minimum atomic E-state index is -0.779. The third kappa shape index (κ3) is 5.68. The van der Waals surface area contributed by atoms with Crippen LogP contribution in [0.15, 0.2) is 60.7 Å². The Morgan fingerprint density at radius 3 is 2.12 bits per heavy atom. The van der Waals surface area contributed by atoms with Gasteiger partial charge in [0.25, 0.3) is 0 Å². The number of carbonyl (C=O) groups is 2. The van der Waals surface area contributed by atoms with Gasteiger partial charge in [-0.25, -0.2) is 4.79 Å². The minimum absolute atomic E-state index is 0.0615. The molecule has 32 heavy (non-hydrogen) atoms. The number of ether oxygens (including phenoxy) is 1. The van der Waals surface area contributed by atoms with Crippen molar-refractivity contribution in [2.75, 3.05) is 13.1 Å². The molecule has 1 saturated heterocycles. The van der Waals surface area contributed by atoms with Crippen molar-refractivity contribution < 1.29 is 14.3 Å². The molecule has 0 atom stereocenters. The first-order valence-electron chi connectivity index (χ1n) is 11.7. The number of nitrogens with one attached hydrogen (secondary N) is 2. The van der Waals surface area contributed by atoms with Gasteiger partial charge >= 0.3 is 6.03 Å². The molecular weight excluding hydrogens is 402 g/mol. The molecule has 1 aliphatic heterocycles. The average Bonchev–Trinajstić information content (AvgIpc) is 3.32. The summed E-state index contributed by atoms with van der Waals surface area (Å²) in [4.78, 5) is 28.0. The van der Waals surface area contributed by atoms with Crippen LogP contribution in [0.25, 0.3) is 0 Å². The zero-order valence-electron chi connectivity index (χ0n) is 18.6. The number of rotatable bonds is 7. The SMILES string of the molecule is O=C(NCc1ccccc1)NC1(C(=O)N2CCC(OCc3ccccc3)CC2)CCCC1. The van der Waals surface area contributed by atoms with Crippen LogP contribution in [0.3, 0.4) is 0 Å². The molecule has 6 heteroatoms. The van der Waals surface area contributed by atoms with Crippen molar-refractivity contribution in [3.63, 3.8) is 0 Å². The number of carbonyl (C=O) groups excluding carboxylic acids is 2. The highest BCUT2D eigenvalue weighted by atomic mass is 16.5. The fourth-order valence-electron chi connectivity index (χ4n) is 4.73. The first-order valence-corrected chi connectivity index (χ1v) is 11.7. The van der Waals surface area contributed by atoms with E-state index < -0.39 is 5.54 Å². The topological polar surface area (TPSA) is 70.7 Å². The second kappa shape index (κ2) is 10.6. The van der Waals surface area contributed by atoms with Crippen molar-refractivity contribution in [3.8, 4) is 0 Å². The highest BCUT2D eigenvalue weighted by Crippen LogP contribution is 2.32. The van der Waals surface area contributed by atoms with Crippen LogP contribution in [0.4, 0.5) is 4.79 Å². The molecule has 2 aromatic carbocycles.